The molecule has 0 amide bonds. The first kappa shape index (κ1) is 28.6. The van der Waals surface area contributed by atoms with Gasteiger partial charge in [0.25, 0.3) is 0 Å². The Kier molecular flexibility index (Phi) is 18.6. The molecule has 1 saturated heterocycles. The predicted molar refractivity (Wildman–Crippen MR) is 127 cm³/mol. The molecule has 0 unspecified atom stereocenters. The zero-order valence-corrected chi connectivity index (χ0v) is 20.1. The molecule has 0 radical (unpaired) electrons. The number of aliphatic hydroxyl groups is 3. The van der Waals surface area contributed by atoms with E-state index in [0.29, 0.717) is 6.61 Å². The molecule has 5 nitrogen and oxygen atoms in total. The molecule has 0 saturated carbocycles. The van der Waals surface area contributed by atoms with Crippen molar-refractivity contribution in [2.75, 3.05) is 19.8 Å². The van der Waals surface area contributed by atoms with Crippen LogP contribution in [0, 0.1) is 0 Å². The highest BCUT2D eigenvalue weighted by molar-refractivity contribution is 4.89. The minimum Gasteiger partial charge on any atom is -0.394 e. The summed E-state index contributed by atoms with van der Waals surface area (Å²) in [4.78, 5) is 0. The Morgan fingerprint density at radius 3 is 1.90 bits per heavy atom. The Morgan fingerprint density at radius 1 is 0.839 bits per heavy atom. The first-order valence-electron chi connectivity index (χ1n) is 13.1. The minimum atomic E-state index is -1.00. The Hall–Kier alpha value is -0.460. The fraction of sp³-hybridized carbons (Fsp3) is 0.923. The Balaban J connectivity index is 1.83. The van der Waals surface area contributed by atoms with Crippen LogP contribution in [-0.2, 0) is 9.47 Å². The van der Waals surface area contributed by atoms with Gasteiger partial charge in [-0.1, -0.05) is 89.7 Å². The van der Waals surface area contributed by atoms with Gasteiger partial charge in [0.15, 0.2) is 0 Å². The number of unbranched alkanes of at least 4 members (excludes halogenated alkanes) is 14. The zero-order valence-electron chi connectivity index (χ0n) is 20.1. The lowest BCUT2D eigenvalue weighted by atomic mass is 10.1. The molecule has 0 aromatic heterocycles. The molecular weight excluding hydrogens is 392 g/mol. The van der Waals surface area contributed by atoms with Crippen LogP contribution < -0.4 is 0 Å². The van der Waals surface area contributed by atoms with Crippen LogP contribution in [0.1, 0.15) is 110 Å². The summed E-state index contributed by atoms with van der Waals surface area (Å²) < 4.78 is 11.1. The summed E-state index contributed by atoms with van der Waals surface area (Å²) in [5.74, 6) is 0. The van der Waals surface area contributed by atoms with E-state index in [1.54, 1.807) is 0 Å². The predicted octanol–water partition coefficient (Wildman–Crippen LogP) is 5.30. The number of rotatable bonds is 21. The normalized spacial score (nSPS) is 22.5. The van der Waals surface area contributed by atoms with Crippen LogP contribution in [-0.4, -0.2) is 59.6 Å². The average molecular weight is 443 g/mol. The van der Waals surface area contributed by atoms with Gasteiger partial charge in [0.2, 0.25) is 0 Å². The molecule has 0 aromatic carbocycles. The van der Waals surface area contributed by atoms with Crippen LogP contribution in [0.5, 0.6) is 0 Å². The van der Waals surface area contributed by atoms with E-state index in [1.807, 2.05) is 0 Å². The topological polar surface area (TPSA) is 79.2 Å². The molecule has 1 rings (SSSR count). The largest absolute Gasteiger partial charge is 0.394 e. The van der Waals surface area contributed by atoms with Gasteiger partial charge in [-0.15, -0.1) is 0 Å². The van der Waals surface area contributed by atoms with Crippen molar-refractivity contribution in [3.63, 3.8) is 0 Å². The highest BCUT2D eigenvalue weighted by Crippen LogP contribution is 2.21. The summed E-state index contributed by atoms with van der Waals surface area (Å²) in [6, 6.07) is 0. The fourth-order valence-electron chi connectivity index (χ4n) is 4.18. The average Bonchev–Trinajstić information content (AvgIpc) is 3.15. The molecule has 4 atom stereocenters. The van der Waals surface area contributed by atoms with Gasteiger partial charge in [-0.25, -0.2) is 0 Å². The molecule has 3 N–H and O–H groups in total. The van der Waals surface area contributed by atoms with E-state index < -0.39 is 24.4 Å². The molecule has 1 aliphatic heterocycles. The van der Waals surface area contributed by atoms with Crippen molar-refractivity contribution in [1.29, 1.82) is 0 Å². The minimum absolute atomic E-state index is 0.153. The molecule has 0 aromatic rings. The first-order chi connectivity index (χ1) is 15.2. The van der Waals surface area contributed by atoms with E-state index in [9.17, 15) is 10.2 Å². The second-order valence-corrected chi connectivity index (χ2v) is 9.10. The Labute approximate surface area is 191 Å². The number of allylic oxidation sites excluding steroid dienone is 2. The second kappa shape index (κ2) is 20.2. The molecular formula is C26H50O5. The summed E-state index contributed by atoms with van der Waals surface area (Å²) >= 11 is 0. The van der Waals surface area contributed by atoms with Crippen LogP contribution >= 0.6 is 0 Å². The lowest BCUT2D eigenvalue weighted by molar-refractivity contribution is -0.0938. The van der Waals surface area contributed by atoms with Crippen molar-refractivity contribution in [1.82, 2.24) is 0 Å². The number of ether oxygens (including phenoxy) is 2. The van der Waals surface area contributed by atoms with Crippen LogP contribution in [0.25, 0.3) is 0 Å². The molecule has 184 valence electrons. The fourth-order valence-corrected chi connectivity index (χ4v) is 4.18. The maximum Gasteiger partial charge on any atom is 0.114 e. The van der Waals surface area contributed by atoms with E-state index in [0.717, 1.165) is 12.8 Å². The van der Waals surface area contributed by atoms with Gasteiger partial charge >= 0.3 is 0 Å². The van der Waals surface area contributed by atoms with E-state index in [4.69, 9.17) is 14.6 Å². The number of hydrogen-bond acceptors (Lipinski definition) is 5. The first-order valence-corrected chi connectivity index (χ1v) is 13.1. The van der Waals surface area contributed by atoms with Crippen molar-refractivity contribution < 1.29 is 24.8 Å². The van der Waals surface area contributed by atoms with Crippen LogP contribution in [0.4, 0.5) is 0 Å². The molecule has 1 fully saturated rings. The highest BCUT2D eigenvalue weighted by Gasteiger charge is 2.40. The van der Waals surface area contributed by atoms with Gasteiger partial charge in [0.05, 0.1) is 13.2 Å². The molecule has 1 heterocycles. The van der Waals surface area contributed by atoms with Gasteiger partial charge in [-0.05, 0) is 32.1 Å². The Bertz CT molecular complexity index is 415. The second-order valence-electron chi connectivity index (χ2n) is 9.10. The molecule has 0 aliphatic carbocycles. The van der Waals surface area contributed by atoms with E-state index >= 15 is 0 Å². The molecule has 0 bridgehead atoms. The summed E-state index contributed by atoms with van der Waals surface area (Å²) in [6.45, 7) is 2.60. The van der Waals surface area contributed by atoms with Gasteiger partial charge in [-0.2, -0.15) is 0 Å². The van der Waals surface area contributed by atoms with E-state index in [2.05, 4.69) is 19.1 Å². The third-order valence-electron chi connectivity index (χ3n) is 6.20. The third-order valence-corrected chi connectivity index (χ3v) is 6.20. The summed E-state index contributed by atoms with van der Waals surface area (Å²) in [6.07, 6.45) is 22.5. The van der Waals surface area contributed by atoms with Gasteiger partial charge in [-0.3, -0.25) is 0 Å². The van der Waals surface area contributed by atoms with Gasteiger partial charge in [0.1, 0.15) is 24.4 Å². The maximum atomic E-state index is 9.91. The molecule has 5 heteroatoms. The lowest BCUT2D eigenvalue weighted by Gasteiger charge is -2.23. The van der Waals surface area contributed by atoms with Crippen molar-refractivity contribution >= 4 is 0 Å². The highest BCUT2D eigenvalue weighted by atomic mass is 16.6. The van der Waals surface area contributed by atoms with E-state index in [-0.39, 0.29) is 13.2 Å². The summed E-state index contributed by atoms with van der Waals surface area (Å²) in [7, 11) is 0. The van der Waals surface area contributed by atoms with Gasteiger partial charge in [0, 0.05) is 6.61 Å². The molecule has 1 aliphatic rings. The molecule has 0 spiro atoms. The number of hydrogen-bond donors (Lipinski definition) is 3. The lowest BCUT2D eigenvalue weighted by Crippen LogP contribution is -2.42. The smallest absolute Gasteiger partial charge is 0.114 e. The third kappa shape index (κ3) is 14.3. The van der Waals surface area contributed by atoms with E-state index in [1.165, 1.54) is 89.9 Å². The maximum absolute atomic E-state index is 9.91. The zero-order chi connectivity index (χ0) is 22.6. The Morgan fingerprint density at radius 2 is 1.35 bits per heavy atom. The monoisotopic (exact) mass is 442 g/mol. The van der Waals surface area contributed by atoms with Crippen molar-refractivity contribution in [3.05, 3.63) is 12.2 Å². The van der Waals surface area contributed by atoms with Crippen molar-refractivity contribution in [2.24, 2.45) is 0 Å². The van der Waals surface area contributed by atoms with Crippen molar-refractivity contribution in [3.8, 4) is 0 Å². The molecule has 31 heavy (non-hydrogen) atoms. The summed E-state index contributed by atoms with van der Waals surface area (Å²) in [5, 5.41) is 28.7. The SMILES string of the molecule is CCCCCCCCC/C=C/CCCCCCCCCO[C@@H]1[C@H]([C@H](O)CO)OC[C@@H]1O. The van der Waals surface area contributed by atoms with Crippen molar-refractivity contribution in [2.45, 2.75) is 134 Å². The van der Waals surface area contributed by atoms with Crippen LogP contribution in [0.2, 0.25) is 0 Å². The van der Waals surface area contributed by atoms with Crippen LogP contribution in [0.15, 0.2) is 12.2 Å². The number of aliphatic hydroxyl groups excluding tert-OH is 3. The summed E-state index contributed by atoms with van der Waals surface area (Å²) in [5.41, 5.74) is 0. The van der Waals surface area contributed by atoms with Crippen LogP contribution in [0.3, 0.4) is 0 Å². The standard InChI is InChI=1S/C26H50O5/c1-2-3-4-5-6-7-8-9-10-11-12-13-14-15-16-17-18-19-20-30-26-24(29)22-31-25(26)23(28)21-27/h10-11,23-29H,2-9,12-22H2,1H3/b11-10+/t23-,24+,25+,26+/m1/s1. The van der Waals surface area contributed by atoms with Gasteiger partial charge < -0.3 is 24.8 Å². The quantitative estimate of drug-likeness (QED) is 0.166.